The van der Waals surface area contributed by atoms with E-state index < -0.39 is 0 Å². The summed E-state index contributed by atoms with van der Waals surface area (Å²) in [6.07, 6.45) is 8.61. The predicted molar refractivity (Wildman–Crippen MR) is 59.8 cm³/mol. The zero-order chi connectivity index (χ0) is 9.90. The summed E-state index contributed by atoms with van der Waals surface area (Å²) in [7, 11) is 0. The number of hydrogen-bond acceptors (Lipinski definition) is 0. The van der Waals surface area contributed by atoms with E-state index in [1.807, 2.05) is 0 Å². The Morgan fingerprint density at radius 3 is 2.54 bits per heavy atom. The summed E-state index contributed by atoms with van der Waals surface area (Å²) < 4.78 is 0. The second-order valence-electron chi connectivity index (χ2n) is 5.41. The van der Waals surface area contributed by atoms with Gasteiger partial charge >= 0.3 is 0 Å². The van der Waals surface area contributed by atoms with Crippen molar-refractivity contribution in [3.63, 3.8) is 0 Å². The molecule has 0 aromatic heterocycles. The Kier molecular flexibility index (Phi) is 3.82. The Morgan fingerprint density at radius 1 is 1.38 bits per heavy atom. The van der Waals surface area contributed by atoms with Gasteiger partial charge in [-0.1, -0.05) is 53.4 Å². The normalized spacial score (nSPS) is 34.6. The van der Waals surface area contributed by atoms with Crippen molar-refractivity contribution in [1.29, 1.82) is 0 Å². The molecular formula is C13H26. The van der Waals surface area contributed by atoms with E-state index in [-0.39, 0.29) is 0 Å². The minimum atomic E-state index is 0.738. The standard InChI is InChI=1S/C13H26/c1-5-7-8-11(3)9-13(4)10-12(13)6-2/h11-12H,5-10H2,1-4H3. The summed E-state index contributed by atoms with van der Waals surface area (Å²) in [5.41, 5.74) is 0.738. The van der Waals surface area contributed by atoms with E-state index in [9.17, 15) is 0 Å². The summed E-state index contributed by atoms with van der Waals surface area (Å²) in [5.74, 6) is 2.01. The molecule has 0 heteroatoms. The van der Waals surface area contributed by atoms with Crippen molar-refractivity contribution in [1.82, 2.24) is 0 Å². The fourth-order valence-corrected chi connectivity index (χ4v) is 2.84. The third kappa shape index (κ3) is 3.00. The van der Waals surface area contributed by atoms with Gasteiger partial charge in [0.05, 0.1) is 0 Å². The Bertz CT molecular complexity index is 150. The molecule has 1 rings (SSSR count). The Balaban J connectivity index is 2.17. The lowest BCUT2D eigenvalue weighted by Crippen LogP contribution is -2.05. The second-order valence-corrected chi connectivity index (χ2v) is 5.41. The van der Waals surface area contributed by atoms with Gasteiger partial charge in [-0.25, -0.2) is 0 Å². The highest BCUT2D eigenvalue weighted by atomic mass is 14.5. The summed E-state index contributed by atoms with van der Waals surface area (Å²) >= 11 is 0. The SMILES string of the molecule is CCCCC(C)CC1(C)CC1CC. The molecule has 13 heavy (non-hydrogen) atoms. The van der Waals surface area contributed by atoms with E-state index in [0.717, 1.165) is 17.3 Å². The zero-order valence-electron chi connectivity index (χ0n) is 9.90. The van der Waals surface area contributed by atoms with Gasteiger partial charge in [-0.05, 0) is 30.1 Å². The minimum Gasteiger partial charge on any atom is -0.0654 e. The summed E-state index contributed by atoms with van der Waals surface area (Å²) in [4.78, 5) is 0. The summed E-state index contributed by atoms with van der Waals surface area (Å²) in [6, 6.07) is 0. The molecule has 0 aromatic carbocycles. The summed E-state index contributed by atoms with van der Waals surface area (Å²) in [5, 5.41) is 0. The van der Waals surface area contributed by atoms with Crippen LogP contribution >= 0.6 is 0 Å². The molecule has 0 nitrogen and oxygen atoms in total. The van der Waals surface area contributed by atoms with E-state index in [1.54, 1.807) is 0 Å². The number of hydrogen-bond donors (Lipinski definition) is 0. The predicted octanol–water partition coefficient (Wildman–Crippen LogP) is 4.64. The molecule has 1 fully saturated rings. The fraction of sp³-hybridized carbons (Fsp3) is 1.00. The molecule has 0 radical (unpaired) electrons. The van der Waals surface area contributed by atoms with Gasteiger partial charge in [0.15, 0.2) is 0 Å². The molecule has 3 atom stereocenters. The van der Waals surface area contributed by atoms with Crippen molar-refractivity contribution in [3.8, 4) is 0 Å². The molecule has 78 valence electrons. The summed E-state index contributed by atoms with van der Waals surface area (Å²) in [6.45, 7) is 9.56. The minimum absolute atomic E-state index is 0.738. The van der Waals surface area contributed by atoms with Crippen LogP contribution in [-0.2, 0) is 0 Å². The molecule has 0 amide bonds. The van der Waals surface area contributed by atoms with Gasteiger partial charge in [-0.2, -0.15) is 0 Å². The molecule has 0 aromatic rings. The largest absolute Gasteiger partial charge is 0.0654 e. The van der Waals surface area contributed by atoms with Crippen molar-refractivity contribution < 1.29 is 0 Å². The monoisotopic (exact) mass is 182 g/mol. The van der Waals surface area contributed by atoms with Gasteiger partial charge in [-0.15, -0.1) is 0 Å². The molecule has 1 aliphatic carbocycles. The first-order chi connectivity index (χ1) is 6.12. The Hall–Kier alpha value is 0. The van der Waals surface area contributed by atoms with Crippen molar-refractivity contribution in [3.05, 3.63) is 0 Å². The maximum Gasteiger partial charge on any atom is -0.0292 e. The third-order valence-corrected chi connectivity index (χ3v) is 3.90. The van der Waals surface area contributed by atoms with Crippen molar-refractivity contribution >= 4 is 0 Å². The van der Waals surface area contributed by atoms with Crippen molar-refractivity contribution in [2.75, 3.05) is 0 Å². The highest BCUT2D eigenvalue weighted by Gasteiger charge is 2.48. The molecule has 0 N–H and O–H groups in total. The molecule has 0 heterocycles. The first kappa shape index (κ1) is 11.1. The fourth-order valence-electron chi connectivity index (χ4n) is 2.84. The molecule has 1 aliphatic rings. The van der Waals surface area contributed by atoms with Gasteiger partial charge < -0.3 is 0 Å². The number of unbranched alkanes of at least 4 members (excludes halogenated alkanes) is 1. The molecule has 0 aliphatic heterocycles. The lowest BCUT2D eigenvalue weighted by Gasteiger charge is -2.17. The van der Waals surface area contributed by atoms with Crippen LogP contribution in [-0.4, -0.2) is 0 Å². The van der Waals surface area contributed by atoms with E-state index >= 15 is 0 Å². The van der Waals surface area contributed by atoms with E-state index in [0.29, 0.717) is 0 Å². The lowest BCUT2D eigenvalue weighted by molar-refractivity contribution is 0.345. The first-order valence-corrected chi connectivity index (χ1v) is 6.12. The quantitative estimate of drug-likeness (QED) is 0.561. The van der Waals surface area contributed by atoms with Crippen LogP contribution in [0.4, 0.5) is 0 Å². The van der Waals surface area contributed by atoms with Crippen LogP contribution in [0.2, 0.25) is 0 Å². The topological polar surface area (TPSA) is 0 Å². The van der Waals surface area contributed by atoms with Crippen LogP contribution in [0.3, 0.4) is 0 Å². The van der Waals surface area contributed by atoms with Crippen LogP contribution in [0, 0.1) is 17.3 Å². The van der Waals surface area contributed by atoms with E-state index in [2.05, 4.69) is 27.7 Å². The van der Waals surface area contributed by atoms with Gasteiger partial charge in [0.1, 0.15) is 0 Å². The van der Waals surface area contributed by atoms with E-state index in [4.69, 9.17) is 0 Å². The first-order valence-electron chi connectivity index (χ1n) is 6.12. The lowest BCUT2D eigenvalue weighted by atomic mass is 9.89. The van der Waals surface area contributed by atoms with Crippen LogP contribution in [0.15, 0.2) is 0 Å². The van der Waals surface area contributed by atoms with Crippen LogP contribution in [0.25, 0.3) is 0 Å². The maximum absolute atomic E-state index is 2.49. The van der Waals surface area contributed by atoms with Crippen LogP contribution in [0.5, 0.6) is 0 Å². The highest BCUT2D eigenvalue weighted by molar-refractivity contribution is 4.98. The smallest absolute Gasteiger partial charge is 0.0292 e. The molecule has 3 unspecified atom stereocenters. The molecule has 0 saturated heterocycles. The van der Waals surface area contributed by atoms with E-state index in [1.165, 1.54) is 38.5 Å². The van der Waals surface area contributed by atoms with Crippen LogP contribution < -0.4 is 0 Å². The Morgan fingerprint density at radius 2 is 2.08 bits per heavy atom. The highest BCUT2D eigenvalue weighted by Crippen LogP contribution is 2.58. The van der Waals surface area contributed by atoms with Crippen molar-refractivity contribution in [2.45, 2.75) is 66.2 Å². The third-order valence-electron chi connectivity index (χ3n) is 3.90. The van der Waals surface area contributed by atoms with Crippen molar-refractivity contribution in [2.24, 2.45) is 17.3 Å². The van der Waals surface area contributed by atoms with Gasteiger partial charge in [0, 0.05) is 0 Å². The molecule has 0 bridgehead atoms. The molecule has 1 saturated carbocycles. The second kappa shape index (κ2) is 4.48. The zero-order valence-corrected chi connectivity index (χ0v) is 9.90. The Labute approximate surface area is 84.1 Å². The average molecular weight is 182 g/mol. The van der Waals surface area contributed by atoms with Gasteiger partial charge in [0.2, 0.25) is 0 Å². The molecular weight excluding hydrogens is 156 g/mol. The van der Waals surface area contributed by atoms with Crippen LogP contribution in [0.1, 0.15) is 66.2 Å². The van der Waals surface area contributed by atoms with Gasteiger partial charge in [0.25, 0.3) is 0 Å². The molecule has 0 spiro atoms. The maximum atomic E-state index is 2.49. The number of rotatable bonds is 6. The average Bonchev–Trinajstić information content (AvgIpc) is 2.73. The van der Waals surface area contributed by atoms with Gasteiger partial charge in [-0.3, -0.25) is 0 Å².